The summed E-state index contributed by atoms with van der Waals surface area (Å²) < 4.78 is 0. The summed E-state index contributed by atoms with van der Waals surface area (Å²) in [5.74, 6) is 0. The molecule has 0 atom stereocenters. The van der Waals surface area contributed by atoms with Gasteiger partial charge in [-0.05, 0) is 120 Å². The minimum Gasteiger partial charge on any atom is -1.00 e. The summed E-state index contributed by atoms with van der Waals surface area (Å²) in [6, 6.07) is 9.24. The zero-order valence-electron chi connectivity index (χ0n) is 27.2. The number of nitrogens with zero attached hydrogens (tertiary/aromatic N) is 2. The van der Waals surface area contributed by atoms with Crippen LogP contribution in [0.5, 0.6) is 0 Å². The maximum absolute atomic E-state index is 5.28. The first-order chi connectivity index (χ1) is 19.5. The second kappa shape index (κ2) is 14.3. The number of aromatic nitrogens is 4. The summed E-state index contributed by atoms with van der Waals surface area (Å²) in [6.45, 7) is 18.1. The van der Waals surface area contributed by atoms with E-state index >= 15 is 0 Å². The third-order valence-electron chi connectivity index (χ3n) is 8.97. The molecule has 42 heavy (non-hydrogen) atoms. The number of H-pyrrole nitrogens is 2. The van der Waals surface area contributed by atoms with Crippen molar-refractivity contribution < 1.29 is 34.3 Å². The van der Waals surface area contributed by atoms with Gasteiger partial charge < -0.3 is 14.7 Å². The van der Waals surface area contributed by atoms with Crippen molar-refractivity contribution in [3.05, 3.63) is 69.3 Å². The van der Waals surface area contributed by atoms with Crippen molar-refractivity contribution in [1.82, 2.24) is 19.9 Å². The van der Waals surface area contributed by atoms with Crippen molar-refractivity contribution in [1.29, 1.82) is 0 Å². The number of rotatable bonds is 8. The average molecular weight is 577 g/mol. The van der Waals surface area contributed by atoms with Gasteiger partial charge in [0, 0.05) is 22.1 Å². The number of nitrogens with one attached hydrogen (secondary N) is 2. The standard InChI is InChI=1S/C36H46N4.FH.Na/c1-9-21-22(10-2)30-18-32-25(13-5)26(14-6)34(39-32)20-36-28(16-8)27(15-7)35(40-36)19-33-24(12-4)23(11-3)31(38-33)17-29(21)37-30;;/h17-20,37-38H,9-16H2,1-8H3;1H;/q;;+1/p-1. The van der Waals surface area contributed by atoms with Gasteiger partial charge in [0.25, 0.3) is 0 Å². The molecular weight excluding hydrogens is 530 g/mol. The van der Waals surface area contributed by atoms with Crippen LogP contribution in [0.3, 0.4) is 0 Å². The van der Waals surface area contributed by atoms with Gasteiger partial charge in [-0.1, -0.05) is 55.4 Å². The second-order valence-electron chi connectivity index (χ2n) is 10.9. The predicted octanol–water partition coefficient (Wildman–Crippen LogP) is 4.03. The summed E-state index contributed by atoms with van der Waals surface area (Å²) in [5.41, 5.74) is 20.2. The molecule has 2 aliphatic heterocycles. The first kappa shape index (κ1) is 34.0. The summed E-state index contributed by atoms with van der Waals surface area (Å²) in [4.78, 5) is 18.2. The maximum Gasteiger partial charge on any atom is 1.00 e. The van der Waals surface area contributed by atoms with Gasteiger partial charge in [0.15, 0.2) is 0 Å². The molecule has 0 fully saturated rings. The van der Waals surface area contributed by atoms with E-state index in [2.05, 4.69) is 89.6 Å². The Bertz CT molecular complexity index is 1570. The normalized spacial score (nSPS) is 13.0. The number of allylic oxidation sites excluding steroid dienone is 4. The molecule has 8 bridgehead atoms. The van der Waals surface area contributed by atoms with Crippen molar-refractivity contribution in [3.63, 3.8) is 0 Å². The topological polar surface area (TPSA) is 57.4 Å². The number of aromatic amines is 2. The second-order valence-corrected chi connectivity index (χ2v) is 10.9. The Hall–Kier alpha value is -2.47. The molecule has 2 aliphatic rings. The molecule has 218 valence electrons. The van der Waals surface area contributed by atoms with Crippen molar-refractivity contribution >= 4 is 44.4 Å². The predicted molar refractivity (Wildman–Crippen MR) is 173 cm³/mol. The smallest absolute Gasteiger partial charge is 1.00 e. The van der Waals surface area contributed by atoms with Gasteiger partial charge in [0.2, 0.25) is 0 Å². The molecule has 0 saturated carbocycles. The number of aryl methyl sites for hydroxylation is 4. The molecular formula is C36H46FN4Na. The zero-order valence-corrected chi connectivity index (χ0v) is 29.2. The quantitative estimate of drug-likeness (QED) is 0.398. The Balaban J connectivity index is 0.00000242. The molecule has 0 aliphatic carbocycles. The van der Waals surface area contributed by atoms with Crippen LogP contribution in [0.15, 0.2) is 24.3 Å². The average Bonchev–Trinajstić information content (AvgIpc) is 3.67. The van der Waals surface area contributed by atoms with Gasteiger partial charge in [-0.2, -0.15) is 0 Å². The molecule has 4 nitrogen and oxygen atoms in total. The molecule has 0 spiro atoms. The molecule has 0 radical (unpaired) electrons. The van der Waals surface area contributed by atoms with E-state index in [1.165, 1.54) is 66.6 Å². The first-order valence-corrected chi connectivity index (χ1v) is 15.7. The number of hydrogen-bond acceptors (Lipinski definition) is 2. The fourth-order valence-electron chi connectivity index (χ4n) is 7.10. The number of hydrogen-bond donors (Lipinski definition) is 2. The fourth-order valence-corrected chi connectivity index (χ4v) is 7.10. The molecule has 3 aromatic heterocycles. The van der Waals surface area contributed by atoms with Crippen LogP contribution >= 0.6 is 0 Å². The molecule has 0 saturated heterocycles. The first-order valence-electron chi connectivity index (χ1n) is 15.7. The Morgan fingerprint density at radius 2 is 0.667 bits per heavy atom. The fraction of sp³-hybridized carbons (Fsp3) is 0.444. The van der Waals surface area contributed by atoms with Crippen molar-refractivity contribution in [2.75, 3.05) is 0 Å². The van der Waals surface area contributed by atoms with E-state index in [4.69, 9.17) is 9.97 Å². The zero-order chi connectivity index (χ0) is 28.6. The molecule has 0 amide bonds. The van der Waals surface area contributed by atoms with Gasteiger partial charge in [-0.15, -0.1) is 0 Å². The van der Waals surface area contributed by atoms with E-state index in [-0.39, 0.29) is 34.3 Å². The molecule has 2 N–H and O–H groups in total. The van der Waals surface area contributed by atoms with E-state index in [1.54, 1.807) is 0 Å². The Kier molecular flexibility index (Phi) is 11.6. The molecule has 0 aromatic carbocycles. The third-order valence-corrected chi connectivity index (χ3v) is 8.97. The molecule has 3 aromatic rings. The third kappa shape index (κ3) is 5.73. The van der Waals surface area contributed by atoms with Crippen LogP contribution in [0.2, 0.25) is 0 Å². The number of halogens is 1. The van der Waals surface area contributed by atoms with E-state index in [1.807, 2.05) is 0 Å². The van der Waals surface area contributed by atoms with Crippen LogP contribution in [-0.2, 0) is 25.7 Å². The van der Waals surface area contributed by atoms with Gasteiger partial charge in [0.1, 0.15) is 0 Å². The van der Waals surface area contributed by atoms with Crippen LogP contribution in [0, 0.1) is 0 Å². The van der Waals surface area contributed by atoms with E-state index < -0.39 is 0 Å². The van der Waals surface area contributed by atoms with Gasteiger partial charge in [0.05, 0.1) is 22.8 Å². The summed E-state index contributed by atoms with van der Waals surface area (Å²) in [7, 11) is 0. The van der Waals surface area contributed by atoms with Gasteiger partial charge in [-0.3, -0.25) is 0 Å². The minimum absolute atomic E-state index is 0. The van der Waals surface area contributed by atoms with Crippen molar-refractivity contribution in [2.45, 2.75) is 107 Å². The summed E-state index contributed by atoms with van der Waals surface area (Å²) in [6.07, 6.45) is 7.84. The van der Waals surface area contributed by atoms with E-state index in [9.17, 15) is 0 Å². The maximum atomic E-state index is 5.28. The van der Waals surface area contributed by atoms with E-state index in [0.29, 0.717) is 0 Å². The Morgan fingerprint density at radius 1 is 0.405 bits per heavy atom. The van der Waals surface area contributed by atoms with Crippen molar-refractivity contribution in [2.24, 2.45) is 0 Å². The van der Waals surface area contributed by atoms with Crippen molar-refractivity contribution in [3.8, 4) is 0 Å². The molecule has 6 heteroatoms. The largest absolute Gasteiger partial charge is 1.00 e. The van der Waals surface area contributed by atoms with Crippen LogP contribution in [0.1, 0.15) is 126 Å². The van der Waals surface area contributed by atoms with Crippen LogP contribution < -0.4 is 34.3 Å². The van der Waals surface area contributed by atoms with Crippen LogP contribution in [0.25, 0.3) is 44.4 Å². The molecule has 5 heterocycles. The molecule has 5 rings (SSSR count). The van der Waals surface area contributed by atoms with E-state index in [0.717, 1.165) is 74.1 Å². The minimum atomic E-state index is 0. The monoisotopic (exact) mass is 576 g/mol. The van der Waals surface area contributed by atoms with Gasteiger partial charge in [-0.25, -0.2) is 9.97 Å². The van der Waals surface area contributed by atoms with Gasteiger partial charge >= 0.3 is 29.6 Å². The SMILES string of the molecule is CCC1=C(CC)c2cc3[nH]c(cc4[nH]c(cc5nc(cc1n2)C(CC)=C5CC)c(CC)c4CC)c(CC)c3CC.[F-].[Na+]. The molecule has 0 unspecified atom stereocenters. The Labute approximate surface area is 273 Å². The number of fused-ring (bicyclic) bond motifs is 8. The summed E-state index contributed by atoms with van der Waals surface area (Å²) >= 11 is 0. The Morgan fingerprint density at radius 3 is 0.929 bits per heavy atom. The summed E-state index contributed by atoms with van der Waals surface area (Å²) in [5, 5.41) is 0. The van der Waals surface area contributed by atoms with Crippen LogP contribution in [-0.4, -0.2) is 19.9 Å². The van der Waals surface area contributed by atoms with Crippen LogP contribution in [0.4, 0.5) is 0 Å².